The molecule has 3 aromatic rings. The lowest BCUT2D eigenvalue weighted by Crippen LogP contribution is -2.51. The van der Waals surface area contributed by atoms with Crippen LogP contribution < -0.4 is 5.32 Å². The normalized spacial score (nSPS) is 16.4. The smallest absolute Gasteiger partial charge is 0.321 e. The Labute approximate surface area is 175 Å². The molecule has 2 aliphatic rings. The van der Waals surface area contributed by atoms with Crippen molar-refractivity contribution in [3.8, 4) is 0 Å². The zero-order chi connectivity index (χ0) is 20.5. The van der Waals surface area contributed by atoms with Crippen molar-refractivity contribution in [1.82, 2.24) is 19.6 Å². The lowest BCUT2D eigenvalue weighted by atomic mass is 10.1. The second-order valence-corrected chi connectivity index (χ2v) is 7.94. The molecular weight excluding hydrogens is 378 g/mol. The molecule has 7 nitrogen and oxygen atoms in total. The van der Waals surface area contributed by atoms with Gasteiger partial charge in [-0.15, -0.1) is 0 Å². The standard InChI is InChI=1S/C23H25N5O2/c29-22(21-16-18-8-3-4-11-28(18)25-21)26-12-14-27(15-13-26)23(30)24-20-10-5-7-17-6-1-2-9-19(17)20/h1-2,5-7,9-10,16H,3-4,8,11-15H2,(H,24,30). The minimum atomic E-state index is -0.129. The predicted molar refractivity (Wildman–Crippen MR) is 116 cm³/mol. The number of nitrogens with one attached hydrogen (secondary N) is 1. The van der Waals surface area contributed by atoms with E-state index >= 15 is 0 Å². The van der Waals surface area contributed by atoms with Crippen LogP contribution in [-0.2, 0) is 13.0 Å². The molecule has 7 heteroatoms. The number of rotatable bonds is 2. The number of aromatic nitrogens is 2. The van der Waals surface area contributed by atoms with Crippen molar-refractivity contribution in [3.63, 3.8) is 0 Å². The molecule has 0 bridgehead atoms. The third kappa shape index (κ3) is 3.51. The highest BCUT2D eigenvalue weighted by Gasteiger charge is 2.27. The van der Waals surface area contributed by atoms with Gasteiger partial charge in [-0.3, -0.25) is 9.48 Å². The summed E-state index contributed by atoms with van der Waals surface area (Å²) >= 11 is 0. The molecule has 1 fully saturated rings. The maximum absolute atomic E-state index is 12.9. The average Bonchev–Trinajstić information content (AvgIpc) is 3.23. The SMILES string of the molecule is O=C(Nc1cccc2ccccc12)N1CCN(C(=O)c2cc3n(n2)CCCC3)CC1. The molecule has 0 aliphatic carbocycles. The van der Waals surface area contributed by atoms with Gasteiger partial charge < -0.3 is 15.1 Å². The summed E-state index contributed by atoms with van der Waals surface area (Å²) in [6.07, 6.45) is 3.26. The van der Waals surface area contributed by atoms with Crippen molar-refractivity contribution < 1.29 is 9.59 Å². The summed E-state index contributed by atoms with van der Waals surface area (Å²) in [6, 6.07) is 15.7. The van der Waals surface area contributed by atoms with Crippen molar-refractivity contribution in [2.75, 3.05) is 31.5 Å². The van der Waals surface area contributed by atoms with Crippen LogP contribution in [0.15, 0.2) is 48.5 Å². The number of carbonyl (C=O) groups is 2. The van der Waals surface area contributed by atoms with Crippen LogP contribution in [0.4, 0.5) is 10.5 Å². The number of hydrogen-bond acceptors (Lipinski definition) is 3. The Morgan fingerprint density at radius 3 is 2.47 bits per heavy atom. The van der Waals surface area contributed by atoms with Crippen LogP contribution in [0.1, 0.15) is 29.0 Å². The van der Waals surface area contributed by atoms with E-state index in [4.69, 9.17) is 0 Å². The molecule has 2 aromatic carbocycles. The molecule has 1 aromatic heterocycles. The first kappa shape index (κ1) is 18.7. The molecule has 0 saturated carbocycles. The predicted octanol–water partition coefficient (Wildman–Crippen LogP) is 3.36. The maximum Gasteiger partial charge on any atom is 0.321 e. The summed E-state index contributed by atoms with van der Waals surface area (Å²) in [4.78, 5) is 29.2. The van der Waals surface area contributed by atoms with E-state index in [9.17, 15) is 9.59 Å². The maximum atomic E-state index is 12.9. The first-order chi connectivity index (χ1) is 14.7. The van der Waals surface area contributed by atoms with E-state index in [2.05, 4.69) is 10.4 Å². The number of amides is 3. The van der Waals surface area contributed by atoms with Gasteiger partial charge in [0.1, 0.15) is 0 Å². The number of piperazine rings is 1. The molecular formula is C23H25N5O2. The lowest BCUT2D eigenvalue weighted by Gasteiger charge is -2.34. The zero-order valence-electron chi connectivity index (χ0n) is 16.9. The quantitative estimate of drug-likeness (QED) is 0.713. The topological polar surface area (TPSA) is 70.5 Å². The summed E-state index contributed by atoms with van der Waals surface area (Å²) in [5.74, 6) is -0.0361. The summed E-state index contributed by atoms with van der Waals surface area (Å²) in [6.45, 7) is 2.95. The van der Waals surface area contributed by atoms with E-state index in [1.54, 1.807) is 9.80 Å². The summed E-state index contributed by atoms with van der Waals surface area (Å²) in [5, 5.41) is 9.64. The van der Waals surface area contributed by atoms with E-state index in [0.717, 1.165) is 48.0 Å². The third-order valence-corrected chi connectivity index (χ3v) is 6.02. The number of fused-ring (bicyclic) bond motifs is 2. The van der Waals surface area contributed by atoms with Gasteiger partial charge in [0.2, 0.25) is 0 Å². The Morgan fingerprint density at radius 2 is 1.63 bits per heavy atom. The van der Waals surface area contributed by atoms with Gasteiger partial charge in [-0.1, -0.05) is 36.4 Å². The Hall–Kier alpha value is -3.35. The second-order valence-electron chi connectivity index (χ2n) is 7.94. The summed E-state index contributed by atoms with van der Waals surface area (Å²) < 4.78 is 1.96. The van der Waals surface area contributed by atoms with Gasteiger partial charge in [0, 0.05) is 43.8 Å². The summed E-state index contributed by atoms with van der Waals surface area (Å²) in [5.41, 5.74) is 2.48. The highest BCUT2D eigenvalue weighted by atomic mass is 16.2. The summed E-state index contributed by atoms with van der Waals surface area (Å²) in [7, 11) is 0. The number of benzene rings is 2. The van der Waals surface area contributed by atoms with Crippen molar-refractivity contribution in [2.24, 2.45) is 0 Å². The van der Waals surface area contributed by atoms with Gasteiger partial charge in [0.05, 0.1) is 5.69 Å². The van der Waals surface area contributed by atoms with Gasteiger partial charge in [-0.05, 0) is 36.8 Å². The van der Waals surface area contributed by atoms with Crippen molar-refractivity contribution in [1.29, 1.82) is 0 Å². The first-order valence-corrected chi connectivity index (χ1v) is 10.6. The minimum absolute atomic E-state index is 0.0361. The van der Waals surface area contributed by atoms with E-state index in [1.165, 1.54) is 0 Å². The van der Waals surface area contributed by atoms with Gasteiger partial charge in [0.25, 0.3) is 5.91 Å². The Morgan fingerprint density at radius 1 is 0.867 bits per heavy atom. The van der Waals surface area contributed by atoms with Crippen LogP contribution in [0.3, 0.4) is 0 Å². The molecule has 1 saturated heterocycles. The Bertz CT molecular complexity index is 1070. The van der Waals surface area contributed by atoms with Gasteiger partial charge >= 0.3 is 6.03 Å². The molecule has 154 valence electrons. The molecule has 0 atom stereocenters. The van der Waals surface area contributed by atoms with Crippen LogP contribution in [0.5, 0.6) is 0 Å². The molecule has 0 radical (unpaired) electrons. The Balaban J connectivity index is 1.21. The third-order valence-electron chi connectivity index (χ3n) is 6.02. The van der Waals surface area contributed by atoms with E-state index < -0.39 is 0 Å². The van der Waals surface area contributed by atoms with Gasteiger partial charge in [0.15, 0.2) is 5.69 Å². The molecule has 0 spiro atoms. The average molecular weight is 403 g/mol. The van der Waals surface area contributed by atoms with Crippen LogP contribution >= 0.6 is 0 Å². The highest BCUT2D eigenvalue weighted by molar-refractivity contribution is 6.01. The minimum Gasteiger partial charge on any atom is -0.334 e. The van der Waals surface area contributed by atoms with E-state index in [-0.39, 0.29) is 11.9 Å². The molecule has 5 rings (SSSR count). The number of carbonyl (C=O) groups excluding carboxylic acids is 2. The van der Waals surface area contributed by atoms with Crippen LogP contribution in [0.2, 0.25) is 0 Å². The Kier molecular flexibility index (Phi) is 4.86. The number of hydrogen-bond donors (Lipinski definition) is 1. The molecule has 3 heterocycles. The fraction of sp³-hybridized carbons (Fsp3) is 0.348. The van der Waals surface area contributed by atoms with E-state index in [1.807, 2.05) is 53.2 Å². The number of urea groups is 1. The van der Waals surface area contributed by atoms with Crippen molar-refractivity contribution >= 4 is 28.4 Å². The van der Waals surface area contributed by atoms with Crippen molar-refractivity contribution in [2.45, 2.75) is 25.8 Å². The molecule has 0 unspecified atom stereocenters. The van der Waals surface area contributed by atoms with E-state index in [0.29, 0.717) is 31.9 Å². The van der Waals surface area contributed by atoms with Crippen LogP contribution in [0.25, 0.3) is 10.8 Å². The largest absolute Gasteiger partial charge is 0.334 e. The lowest BCUT2D eigenvalue weighted by molar-refractivity contribution is 0.0665. The van der Waals surface area contributed by atoms with Crippen LogP contribution in [-0.4, -0.2) is 57.7 Å². The fourth-order valence-electron chi connectivity index (χ4n) is 4.33. The molecule has 1 N–H and O–H groups in total. The van der Waals surface area contributed by atoms with Crippen LogP contribution in [0, 0.1) is 0 Å². The molecule has 3 amide bonds. The number of nitrogens with zero attached hydrogens (tertiary/aromatic N) is 4. The first-order valence-electron chi connectivity index (χ1n) is 10.6. The molecule has 30 heavy (non-hydrogen) atoms. The van der Waals surface area contributed by atoms with Gasteiger partial charge in [-0.25, -0.2) is 4.79 Å². The fourth-order valence-corrected chi connectivity index (χ4v) is 4.33. The monoisotopic (exact) mass is 403 g/mol. The second kappa shape index (κ2) is 7.82. The van der Waals surface area contributed by atoms with Crippen molar-refractivity contribution in [3.05, 3.63) is 59.9 Å². The van der Waals surface area contributed by atoms with Gasteiger partial charge in [-0.2, -0.15) is 5.10 Å². The zero-order valence-corrected chi connectivity index (χ0v) is 16.9. The number of aryl methyl sites for hydroxylation is 2. The number of anilines is 1. The highest BCUT2D eigenvalue weighted by Crippen LogP contribution is 2.23. The molecule has 2 aliphatic heterocycles.